The van der Waals surface area contributed by atoms with Gasteiger partial charge in [0.15, 0.2) is 0 Å². The predicted molar refractivity (Wildman–Crippen MR) is 69.2 cm³/mol. The van der Waals surface area contributed by atoms with Crippen LogP contribution in [-0.4, -0.2) is 38.0 Å². The molecule has 1 rings (SSSR count). The SMILES string of the molecule is CCCOC(=O)[C@@H](C)Sc1nnnn1CC(C)C. The first kappa shape index (κ1) is 14.9. The molecule has 0 N–H and O–H groups in total. The number of tetrazole rings is 1. The summed E-state index contributed by atoms with van der Waals surface area (Å²) in [4.78, 5) is 11.6. The van der Waals surface area contributed by atoms with Gasteiger partial charge < -0.3 is 4.74 Å². The first-order valence-corrected chi connectivity index (χ1v) is 7.02. The molecule has 1 atom stereocenters. The van der Waals surface area contributed by atoms with Crippen molar-refractivity contribution in [3.8, 4) is 0 Å². The monoisotopic (exact) mass is 272 g/mol. The summed E-state index contributed by atoms with van der Waals surface area (Å²) >= 11 is 1.33. The van der Waals surface area contributed by atoms with Crippen LogP contribution in [0.3, 0.4) is 0 Å². The Morgan fingerprint density at radius 1 is 1.44 bits per heavy atom. The molecule has 6 nitrogen and oxygen atoms in total. The van der Waals surface area contributed by atoms with Crippen LogP contribution in [-0.2, 0) is 16.1 Å². The lowest BCUT2D eigenvalue weighted by Gasteiger charge is -2.11. The molecule has 1 heterocycles. The molecule has 7 heteroatoms. The summed E-state index contributed by atoms with van der Waals surface area (Å²) in [7, 11) is 0. The maximum absolute atomic E-state index is 11.6. The van der Waals surface area contributed by atoms with Gasteiger partial charge in [-0.25, -0.2) is 4.68 Å². The van der Waals surface area contributed by atoms with Crippen LogP contribution in [0.5, 0.6) is 0 Å². The Kier molecular flexibility index (Phi) is 6.11. The molecule has 0 bridgehead atoms. The average molecular weight is 272 g/mol. The standard InChI is InChI=1S/C11H20N4O2S/c1-5-6-17-10(16)9(4)18-11-12-13-14-15(11)7-8(2)3/h8-9H,5-7H2,1-4H3/t9-/m1/s1. The van der Waals surface area contributed by atoms with Crippen molar-refractivity contribution in [2.24, 2.45) is 5.92 Å². The van der Waals surface area contributed by atoms with E-state index in [0.29, 0.717) is 17.7 Å². The molecule has 0 aromatic carbocycles. The maximum Gasteiger partial charge on any atom is 0.319 e. The molecule has 0 spiro atoms. The van der Waals surface area contributed by atoms with Crippen LogP contribution in [0.25, 0.3) is 0 Å². The number of hydrogen-bond donors (Lipinski definition) is 0. The fourth-order valence-electron chi connectivity index (χ4n) is 1.27. The lowest BCUT2D eigenvalue weighted by Crippen LogP contribution is -2.18. The van der Waals surface area contributed by atoms with E-state index in [4.69, 9.17) is 4.74 Å². The van der Waals surface area contributed by atoms with Crippen molar-refractivity contribution in [2.45, 2.75) is 51.1 Å². The molecule has 102 valence electrons. The summed E-state index contributed by atoms with van der Waals surface area (Å²) < 4.78 is 6.81. The van der Waals surface area contributed by atoms with Gasteiger partial charge in [0.2, 0.25) is 5.16 Å². The third kappa shape index (κ3) is 4.64. The first-order chi connectivity index (χ1) is 8.54. The Labute approximate surface area is 111 Å². The van der Waals surface area contributed by atoms with Gasteiger partial charge in [0.05, 0.1) is 6.61 Å². The number of aromatic nitrogens is 4. The minimum absolute atomic E-state index is 0.221. The zero-order chi connectivity index (χ0) is 13.5. The lowest BCUT2D eigenvalue weighted by molar-refractivity contribution is -0.142. The second-order valence-electron chi connectivity index (χ2n) is 4.46. The van der Waals surface area contributed by atoms with Crippen molar-refractivity contribution in [1.82, 2.24) is 20.2 Å². The Balaban J connectivity index is 2.56. The third-order valence-corrected chi connectivity index (χ3v) is 3.15. The third-order valence-electron chi connectivity index (χ3n) is 2.10. The zero-order valence-electron chi connectivity index (χ0n) is 11.3. The van der Waals surface area contributed by atoms with E-state index in [1.54, 1.807) is 11.6 Å². The number of carbonyl (C=O) groups is 1. The van der Waals surface area contributed by atoms with Gasteiger partial charge in [0.25, 0.3) is 0 Å². The molecule has 1 aromatic rings. The van der Waals surface area contributed by atoms with Crippen LogP contribution in [0.2, 0.25) is 0 Å². The minimum atomic E-state index is -0.298. The van der Waals surface area contributed by atoms with Crippen LogP contribution in [0.15, 0.2) is 5.16 Å². The van der Waals surface area contributed by atoms with Gasteiger partial charge in [-0.05, 0) is 29.7 Å². The molecule has 0 unspecified atom stereocenters. The van der Waals surface area contributed by atoms with Crippen LogP contribution >= 0.6 is 11.8 Å². The normalized spacial score (nSPS) is 12.7. The molecule has 0 aliphatic rings. The number of carbonyl (C=O) groups excluding carboxylic acids is 1. The Morgan fingerprint density at radius 2 is 2.17 bits per heavy atom. The van der Waals surface area contributed by atoms with E-state index >= 15 is 0 Å². The number of esters is 1. The Hall–Kier alpha value is -1.11. The molecule has 0 fully saturated rings. The van der Waals surface area contributed by atoms with Crippen molar-refractivity contribution in [3.05, 3.63) is 0 Å². The fourth-order valence-corrected chi connectivity index (χ4v) is 2.06. The number of rotatable bonds is 7. The summed E-state index contributed by atoms with van der Waals surface area (Å²) in [5, 5.41) is 11.8. The summed E-state index contributed by atoms with van der Waals surface area (Å²) in [5.41, 5.74) is 0. The number of nitrogens with zero attached hydrogens (tertiary/aromatic N) is 4. The highest BCUT2D eigenvalue weighted by Crippen LogP contribution is 2.21. The van der Waals surface area contributed by atoms with Crippen molar-refractivity contribution < 1.29 is 9.53 Å². The molecule has 0 amide bonds. The summed E-state index contributed by atoms with van der Waals surface area (Å²) in [5.74, 6) is 0.233. The first-order valence-electron chi connectivity index (χ1n) is 6.14. The quantitative estimate of drug-likeness (QED) is 0.556. The highest BCUT2D eigenvalue weighted by molar-refractivity contribution is 8.00. The van der Waals surface area contributed by atoms with Crippen molar-refractivity contribution in [2.75, 3.05) is 6.61 Å². The summed E-state index contributed by atoms with van der Waals surface area (Å²) in [6.45, 7) is 9.15. The topological polar surface area (TPSA) is 69.9 Å². The molecule has 0 saturated heterocycles. The fraction of sp³-hybridized carbons (Fsp3) is 0.818. The van der Waals surface area contributed by atoms with Gasteiger partial charge in [-0.3, -0.25) is 4.79 Å². The molecule has 0 saturated carbocycles. The summed E-state index contributed by atoms with van der Waals surface area (Å²) in [6.07, 6.45) is 0.828. The van der Waals surface area contributed by atoms with E-state index < -0.39 is 0 Å². The van der Waals surface area contributed by atoms with E-state index in [1.807, 2.05) is 6.92 Å². The Morgan fingerprint density at radius 3 is 2.78 bits per heavy atom. The number of hydrogen-bond acceptors (Lipinski definition) is 6. The molecule has 0 aliphatic heterocycles. The molecular weight excluding hydrogens is 252 g/mol. The smallest absolute Gasteiger partial charge is 0.319 e. The zero-order valence-corrected chi connectivity index (χ0v) is 12.1. The van der Waals surface area contributed by atoms with E-state index in [0.717, 1.165) is 13.0 Å². The maximum atomic E-state index is 11.6. The Bertz CT molecular complexity index is 381. The second kappa shape index (κ2) is 7.35. The highest BCUT2D eigenvalue weighted by Gasteiger charge is 2.19. The average Bonchev–Trinajstić information content (AvgIpc) is 2.72. The van der Waals surface area contributed by atoms with Gasteiger partial charge >= 0.3 is 5.97 Å². The van der Waals surface area contributed by atoms with Crippen LogP contribution in [0, 0.1) is 5.92 Å². The van der Waals surface area contributed by atoms with E-state index in [1.165, 1.54) is 11.8 Å². The van der Waals surface area contributed by atoms with Gasteiger partial charge in [0.1, 0.15) is 5.25 Å². The van der Waals surface area contributed by atoms with E-state index in [9.17, 15) is 4.79 Å². The highest BCUT2D eigenvalue weighted by atomic mass is 32.2. The van der Waals surface area contributed by atoms with Gasteiger partial charge in [-0.2, -0.15) is 0 Å². The van der Waals surface area contributed by atoms with Crippen LogP contribution < -0.4 is 0 Å². The molecule has 1 aromatic heterocycles. The van der Waals surface area contributed by atoms with Crippen molar-refractivity contribution in [3.63, 3.8) is 0 Å². The molecule has 18 heavy (non-hydrogen) atoms. The van der Waals surface area contributed by atoms with Gasteiger partial charge in [-0.15, -0.1) is 5.10 Å². The van der Waals surface area contributed by atoms with Crippen molar-refractivity contribution in [1.29, 1.82) is 0 Å². The lowest BCUT2D eigenvalue weighted by atomic mass is 10.2. The second-order valence-corrected chi connectivity index (χ2v) is 5.77. The molecular formula is C11H20N4O2S. The van der Waals surface area contributed by atoms with E-state index in [2.05, 4.69) is 29.4 Å². The molecule has 0 radical (unpaired) electrons. The van der Waals surface area contributed by atoms with Gasteiger partial charge in [0, 0.05) is 6.54 Å². The predicted octanol–water partition coefficient (Wildman–Crippen LogP) is 1.76. The van der Waals surface area contributed by atoms with Crippen molar-refractivity contribution >= 4 is 17.7 Å². The van der Waals surface area contributed by atoms with E-state index in [-0.39, 0.29) is 11.2 Å². The molecule has 0 aliphatic carbocycles. The minimum Gasteiger partial charge on any atom is -0.465 e. The largest absolute Gasteiger partial charge is 0.465 e. The summed E-state index contributed by atoms with van der Waals surface area (Å²) in [6, 6.07) is 0. The van der Waals surface area contributed by atoms with Crippen LogP contribution in [0.1, 0.15) is 34.1 Å². The van der Waals surface area contributed by atoms with Crippen LogP contribution in [0.4, 0.5) is 0 Å². The number of thioether (sulfide) groups is 1. The van der Waals surface area contributed by atoms with Gasteiger partial charge in [-0.1, -0.05) is 32.5 Å². The number of ether oxygens (including phenoxy) is 1.